The molecule has 7 heteroatoms. The maximum Gasteiger partial charge on any atom is 0.411 e. The molecule has 3 aromatic rings. The van der Waals surface area contributed by atoms with Crippen LogP contribution in [0.1, 0.15) is 25.0 Å². The second-order valence-electron chi connectivity index (χ2n) is 6.20. The summed E-state index contributed by atoms with van der Waals surface area (Å²) in [6.07, 6.45) is 0.170. The number of ether oxygens (including phenoxy) is 1. The van der Waals surface area contributed by atoms with Crippen LogP contribution in [0.3, 0.4) is 0 Å². The van der Waals surface area contributed by atoms with Gasteiger partial charge in [0.1, 0.15) is 11.3 Å². The van der Waals surface area contributed by atoms with Gasteiger partial charge in [-0.15, -0.1) is 0 Å². The van der Waals surface area contributed by atoms with Crippen molar-refractivity contribution in [2.75, 3.05) is 17.2 Å². The summed E-state index contributed by atoms with van der Waals surface area (Å²) >= 11 is 0. The van der Waals surface area contributed by atoms with Gasteiger partial charge in [0.05, 0.1) is 6.61 Å². The summed E-state index contributed by atoms with van der Waals surface area (Å²) in [4.78, 5) is 23.3. The summed E-state index contributed by atoms with van der Waals surface area (Å²) in [5.74, 6) is 0.118. The molecule has 1 amide bonds. The highest BCUT2D eigenvalue weighted by Crippen LogP contribution is 2.27. The zero-order chi connectivity index (χ0) is 20.1. The minimum atomic E-state index is -0.499. The van der Waals surface area contributed by atoms with E-state index in [1.54, 1.807) is 19.1 Å². The first kappa shape index (κ1) is 19.3. The number of nitrogens with one attached hydrogen (secondary N) is 2. The lowest BCUT2D eigenvalue weighted by Gasteiger charge is -2.11. The van der Waals surface area contributed by atoms with Crippen LogP contribution in [0.15, 0.2) is 51.7 Å². The summed E-state index contributed by atoms with van der Waals surface area (Å²) in [5.41, 5.74) is 2.89. The third-order valence-electron chi connectivity index (χ3n) is 4.30. The maximum absolute atomic E-state index is 11.9. The number of fused-ring (bicyclic) bond motifs is 1. The van der Waals surface area contributed by atoms with Crippen LogP contribution >= 0.6 is 0 Å². The highest BCUT2D eigenvalue weighted by atomic mass is 16.5. The molecule has 0 aliphatic carbocycles. The molecule has 0 bridgehead atoms. The number of aromatic hydroxyl groups is 1. The maximum atomic E-state index is 11.9. The lowest BCUT2D eigenvalue weighted by molar-refractivity contribution is 0.168. The number of phenolic OH excluding ortho intramolecular Hbond substituents is 1. The van der Waals surface area contributed by atoms with E-state index in [2.05, 4.69) is 10.6 Å². The van der Waals surface area contributed by atoms with Gasteiger partial charge in [0.25, 0.3) is 0 Å². The zero-order valence-electron chi connectivity index (χ0n) is 15.7. The Labute approximate surface area is 161 Å². The Morgan fingerprint density at radius 2 is 1.79 bits per heavy atom. The van der Waals surface area contributed by atoms with Crippen LogP contribution < -0.4 is 16.3 Å². The summed E-state index contributed by atoms with van der Waals surface area (Å²) < 4.78 is 10.1. The first-order valence-corrected chi connectivity index (χ1v) is 9.06. The molecule has 1 heterocycles. The molecule has 3 N–H and O–H groups in total. The molecule has 7 nitrogen and oxygen atoms in total. The Hall–Kier alpha value is -3.48. The average Bonchev–Trinajstić information content (AvgIpc) is 2.66. The van der Waals surface area contributed by atoms with Crippen LogP contribution in [0, 0.1) is 0 Å². The van der Waals surface area contributed by atoms with E-state index in [4.69, 9.17) is 9.15 Å². The van der Waals surface area contributed by atoms with Gasteiger partial charge in [0.15, 0.2) is 0 Å². The van der Waals surface area contributed by atoms with Gasteiger partial charge in [-0.2, -0.15) is 0 Å². The molecule has 3 rings (SSSR count). The first-order chi connectivity index (χ1) is 13.5. The van der Waals surface area contributed by atoms with E-state index in [0.717, 1.165) is 22.2 Å². The van der Waals surface area contributed by atoms with E-state index >= 15 is 0 Å². The van der Waals surface area contributed by atoms with Crippen molar-refractivity contribution in [2.24, 2.45) is 0 Å². The number of hydrogen-bond acceptors (Lipinski definition) is 6. The monoisotopic (exact) mass is 382 g/mol. The SMILES string of the molecule is CCOC(=O)Nc1ccc(NCc2cc(=O)oc3cc(O)c(CC)cc23)cc1. The second-order valence-corrected chi connectivity index (χ2v) is 6.20. The van der Waals surface area contributed by atoms with Crippen molar-refractivity contribution in [1.82, 2.24) is 0 Å². The van der Waals surface area contributed by atoms with Gasteiger partial charge in [-0.25, -0.2) is 9.59 Å². The fourth-order valence-corrected chi connectivity index (χ4v) is 2.89. The Morgan fingerprint density at radius 3 is 2.46 bits per heavy atom. The molecule has 146 valence electrons. The smallest absolute Gasteiger partial charge is 0.411 e. The fourth-order valence-electron chi connectivity index (χ4n) is 2.89. The molecule has 0 saturated carbocycles. The molecule has 1 aromatic heterocycles. The molecule has 2 aromatic carbocycles. The Bertz CT molecular complexity index is 1040. The number of anilines is 2. The van der Waals surface area contributed by atoms with Crippen molar-refractivity contribution in [1.29, 1.82) is 0 Å². The van der Waals surface area contributed by atoms with Crippen molar-refractivity contribution in [3.8, 4) is 5.75 Å². The standard InChI is InChI=1S/C21H22N2O5/c1-3-13-9-17-14(10-20(25)28-19(17)11-18(13)24)12-22-15-5-7-16(8-6-15)23-21(26)27-4-2/h5-11,22,24H,3-4,12H2,1-2H3,(H,23,26). The lowest BCUT2D eigenvalue weighted by Crippen LogP contribution is -2.13. The van der Waals surface area contributed by atoms with Crippen molar-refractivity contribution in [3.05, 3.63) is 64.0 Å². The van der Waals surface area contributed by atoms with Crippen LogP contribution in [-0.4, -0.2) is 17.8 Å². The third kappa shape index (κ3) is 4.43. The van der Waals surface area contributed by atoms with Gasteiger partial charge < -0.3 is 19.6 Å². The normalized spacial score (nSPS) is 10.6. The molecule has 0 radical (unpaired) electrons. The van der Waals surface area contributed by atoms with Crippen LogP contribution in [0.2, 0.25) is 0 Å². The van der Waals surface area contributed by atoms with Crippen LogP contribution in [0.4, 0.5) is 16.2 Å². The predicted molar refractivity (Wildman–Crippen MR) is 108 cm³/mol. The first-order valence-electron chi connectivity index (χ1n) is 9.06. The number of carbonyl (C=O) groups is 1. The van der Waals surface area contributed by atoms with Gasteiger partial charge in [-0.3, -0.25) is 5.32 Å². The highest BCUT2D eigenvalue weighted by molar-refractivity contribution is 5.85. The second kappa shape index (κ2) is 8.47. The minimum Gasteiger partial charge on any atom is -0.508 e. The van der Waals surface area contributed by atoms with Crippen molar-refractivity contribution in [2.45, 2.75) is 26.8 Å². The number of benzene rings is 2. The molecular weight excluding hydrogens is 360 g/mol. The quantitative estimate of drug-likeness (QED) is 0.551. The van der Waals surface area contributed by atoms with Gasteiger partial charge in [0, 0.05) is 35.4 Å². The van der Waals surface area contributed by atoms with E-state index in [0.29, 0.717) is 30.8 Å². The van der Waals surface area contributed by atoms with E-state index in [1.807, 2.05) is 25.1 Å². The molecule has 28 heavy (non-hydrogen) atoms. The van der Waals surface area contributed by atoms with E-state index in [9.17, 15) is 14.7 Å². The van der Waals surface area contributed by atoms with Crippen LogP contribution in [-0.2, 0) is 17.7 Å². The summed E-state index contributed by atoms with van der Waals surface area (Å²) in [5, 5.41) is 16.7. The zero-order valence-corrected chi connectivity index (χ0v) is 15.7. The Kier molecular flexibility index (Phi) is 5.84. The minimum absolute atomic E-state index is 0.118. The number of hydrogen-bond donors (Lipinski definition) is 3. The van der Waals surface area contributed by atoms with Gasteiger partial charge in [-0.05, 0) is 54.8 Å². The van der Waals surface area contributed by atoms with Crippen molar-refractivity contribution >= 4 is 28.4 Å². The molecule has 0 aliphatic heterocycles. The van der Waals surface area contributed by atoms with Crippen molar-refractivity contribution in [3.63, 3.8) is 0 Å². The largest absolute Gasteiger partial charge is 0.508 e. The lowest BCUT2D eigenvalue weighted by atomic mass is 10.0. The van der Waals surface area contributed by atoms with Gasteiger partial charge in [-0.1, -0.05) is 6.92 Å². The number of amides is 1. The van der Waals surface area contributed by atoms with Crippen LogP contribution in [0.25, 0.3) is 11.0 Å². The van der Waals surface area contributed by atoms with Crippen LogP contribution in [0.5, 0.6) is 5.75 Å². The predicted octanol–water partition coefficient (Wildman–Crippen LogP) is 4.24. The van der Waals surface area contributed by atoms with Gasteiger partial charge >= 0.3 is 11.7 Å². The Morgan fingerprint density at radius 1 is 1.07 bits per heavy atom. The van der Waals surface area contributed by atoms with Crippen molar-refractivity contribution < 1.29 is 19.1 Å². The molecule has 0 fully saturated rings. The number of phenols is 1. The Balaban J connectivity index is 1.78. The van der Waals surface area contributed by atoms with Gasteiger partial charge in [0.2, 0.25) is 0 Å². The number of aryl methyl sites for hydroxylation is 1. The molecule has 0 atom stereocenters. The molecular formula is C21H22N2O5. The molecule has 0 aliphatic rings. The van der Waals surface area contributed by atoms with E-state index < -0.39 is 11.7 Å². The topological polar surface area (TPSA) is 101 Å². The number of rotatable bonds is 6. The highest BCUT2D eigenvalue weighted by Gasteiger charge is 2.10. The fraction of sp³-hybridized carbons (Fsp3) is 0.238. The average molecular weight is 382 g/mol. The summed E-state index contributed by atoms with van der Waals surface area (Å²) in [6.45, 7) is 4.40. The summed E-state index contributed by atoms with van der Waals surface area (Å²) in [6, 6.07) is 11.9. The van der Waals surface area contributed by atoms with E-state index in [-0.39, 0.29) is 5.75 Å². The third-order valence-corrected chi connectivity index (χ3v) is 4.30. The molecule has 0 saturated heterocycles. The van der Waals surface area contributed by atoms with E-state index in [1.165, 1.54) is 12.1 Å². The molecule has 0 spiro atoms. The summed E-state index contributed by atoms with van der Waals surface area (Å²) in [7, 11) is 0. The number of carbonyl (C=O) groups excluding carboxylic acids is 1. The molecule has 0 unspecified atom stereocenters.